The van der Waals surface area contributed by atoms with Crippen LogP contribution in [-0.4, -0.2) is 35.0 Å². The summed E-state index contributed by atoms with van der Waals surface area (Å²) in [7, 11) is 0. The van der Waals surface area contributed by atoms with E-state index < -0.39 is 0 Å². The van der Waals surface area contributed by atoms with E-state index in [4.69, 9.17) is 0 Å². The Bertz CT molecular complexity index is 334. The molecule has 1 unspecified atom stereocenters. The van der Waals surface area contributed by atoms with E-state index in [-0.39, 0.29) is 11.9 Å². The summed E-state index contributed by atoms with van der Waals surface area (Å²) in [5, 5.41) is 5.28. The van der Waals surface area contributed by atoms with Crippen LogP contribution in [0.4, 0.5) is 0 Å². The molecule has 0 aliphatic carbocycles. The van der Waals surface area contributed by atoms with Crippen LogP contribution in [0.15, 0.2) is 17.5 Å². The zero-order valence-corrected chi connectivity index (χ0v) is 10.9. The highest BCUT2D eigenvalue weighted by Crippen LogP contribution is 2.16. The van der Waals surface area contributed by atoms with Crippen molar-refractivity contribution in [3.05, 3.63) is 22.4 Å². The Morgan fingerprint density at radius 3 is 3.12 bits per heavy atom. The lowest BCUT2D eigenvalue weighted by Crippen LogP contribution is -2.44. The Morgan fingerprint density at radius 1 is 1.69 bits per heavy atom. The maximum Gasteiger partial charge on any atom is 0.240 e. The van der Waals surface area contributed by atoms with Gasteiger partial charge in [-0.25, -0.2) is 0 Å². The summed E-state index contributed by atoms with van der Waals surface area (Å²) in [6.45, 7) is 3.56. The van der Waals surface area contributed by atoms with Gasteiger partial charge in [0.15, 0.2) is 0 Å². The molecule has 1 aromatic heterocycles. The molecule has 1 aliphatic rings. The molecule has 1 fully saturated rings. The fraction of sp³-hybridized carbons (Fsp3) is 0.545. The number of amides is 1. The van der Waals surface area contributed by atoms with Gasteiger partial charge in [-0.3, -0.25) is 10.1 Å². The van der Waals surface area contributed by atoms with Gasteiger partial charge in [0.1, 0.15) is 0 Å². The molecule has 5 heteroatoms. The number of carbonyl (C=O) groups excluding carboxylic acids is 1. The monoisotopic (exact) mass is 256 g/mol. The van der Waals surface area contributed by atoms with E-state index in [1.54, 1.807) is 23.1 Å². The summed E-state index contributed by atoms with van der Waals surface area (Å²) in [6.07, 6.45) is 0. The number of nitrogens with one attached hydrogen (secondary N) is 1. The van der Waals surface area contributed by atoms with Crippen LogP contribution in [0.5, 0.6) is 0 Å². The van der Waals surface area contributed by atoms with Gasteiger partial charge in [0.05, 0.1) is 12.6 Å². The lowest BCUT2D eigenvalue weighted by molar-refractivity contribution is -0.133. The summed E-state index contributed by atoms with van der Waals surface area (Å²) in [5.74, 6) is 2.04. The van der Waals surface area contributed by atoms with Gasteiger partial charge < -0.3 is 4.90 Å². The van der Waals surface area contributed by atoms with Crippen LogP contribution in [0.25, 0.3) is 0 Å². The molecule has 0 bridgehead atoms. The Kier molecular flexibility index (Phi) is 4.26. The predicted octanol–water partition coefficient (Wildman–Crippen LogP) is 1.76. The van der Waals surface area contributed by atoms with Crippen LogP contribution in [0.3, 0.4) is 0 Å². The second-order valence-electron chi connectivity index (χ2n) is 3.70. The zero-order chi connectivity index (χ0) is 11.4. The molecule has 1 aliphatic heterocycles. The van der Waals surface area contributed by atoms with E-state index in [2.05, 4.69) is 16.8 Å². The van der Waals surface area contributed by atoms with Gasteiger partial charge in [0.2, 0.25) is 5.91 Å². The van der Waals surface area contributed by atoms with Crippen molar-refractivity contribution in [2.75, 3.05) is 18.2 Å². The lowest BCUT2D eigenvalue weighted by Gasteiger charge is -2.23. The van der Waals surface area contributed by atoms with Crippen LogP contribution in [0.1, 0.15) is 11.8 Å². The molecule has 2 rings (SSSR count). The van der Waals surface area contributed by atoms with Crippen molar-refractivity contribution in [2.45, 2.75) is 19.5 Å². The highest BCUT2D eigenvalue weighted by atomic mass is 32.2. The third-order valence-corrected chi connectivity index (χ3v) is 4.44. The van der Waals surface area contributed by atoms with Crippen LogP contribution < -0.4 is 5.32 Å². The molecule has 0 aromatic carbocycles. The van der Waals surface area contributed by atoms with Gasteiger partial charge >= 0.3 is 0 Å². The fourth-order valence-corrected chi connectivity index (χ4v) is 3.36. The minimum Gasteiger partial charge on any atom is -0.336 e. The molecule has 0 saturated carbocycles. The molecule has 88 valence electrons. The van der Waals surface area contributed by atoms with Crippen molar-refractivity contribution >= 4 is 29.0 Å². The molecule has 2 heterocycles. The smallest absolute Gasteiger partial charge is 0.240 e. The van der Waals surface area contributed by atoms with E-state index in [9.17, 15) is 4.79 Å². The topological polar surface area (TPSA) is 32.3 Å². The average molecular weight is 256 g/mol. The third kappa shape index (κ3) is 2.78. The predicted molar refractivity (Wildman–Crippen MR) is 69.7 cm³/mol. The minimum atomic E-state index is 0.0184. The molecular weight excluding hydrogens is 240 g/mol. The van der Waals surface area contributed by atoms with E-state index >= 15 is 0 Å². The van der Waals surface area contributed by atoms with Gasteiger partial charge in [0.25, 0.3) is 0 Å². The number of carbonyl (C=O) groups is 1. The van der Waals surface area contributed by atoms with Crippen molar-refractivity contribution in [1.82, 2.24) is 10.2 Å². The van der Waals surface area contributed by atoms with Crippen LogP contribution in [-0.2, 0) is 11.3 Å². The molecule has 1 N–H and O–H groups in total. The Labute approximate surface area is 104 Å². The van der Waals surface area contributed by atoms with Gasteiger partial charge in [-0.2, -0.15) is 0 Å². The maximum absolute atomic E-state index is 12.2. The first-order valence-corrected chi connectivity index (χ1v) is 7.47. The number of hydrogen-bond acceptors (Lipinski definition) is 4. The minimum absolute atomic E-state index is 0.0184. The fourth-order valence-electron chi connectivity index (χ4n) is 1.71. The van der Waals surface area contributed by atoms with Gasteiger partial charge in [0, 0.05) is 23.1 Å². The first-order chi connectivity index (χ1) is 7.81. The lowest BCUT2D eigenvalue weighted by atomic mass is 10.2. The summed E-state index contributed by atoms with van der Waals surface area (Å²) in [5.41, 5.74) is 0. The zero-order valence-electron chi connectivity index (χ0n) is 9.31. The molecule has 3 nitrogen and oxygen atoms in total. The number of nitrogens with zero attached hydrogens (tertiary/aromatic N) is 1. The van der Waals surface area contributed by atoms with E-state index in [1.165, 1.54) is 4.88 Å². The van der Waals surface area contributed by atoms with Crippen LogP contribution in [0.2, 0.25) is 0 Å². The molecule has 0 spiro atoms. The summed E-state index contributed by atoms with van der Waals surface area (Å²) in [4.78, 5) is 15.3. The van der Waals surface area contributed by atoms with Gasteiger partial charge in [-0.05, 0) is 18.4 Å². The highest BCUT2D eigenvalue weighted by molar-refractivity contribution is 7.99. The van der Waals surface area contributed by atoms with Crippen molar-refractivity contribution < 1.29 is 4.79 Å². The summed E-state index contributed by atoms with van der Waals surface area (Å²) in [6, 6.07) is 4.13. The van der Waals surface area contributed by atoms with Gasteiger partial charge in [-0.15, -0.1) is 23.1 Å². The van der Waals surface area contributed by atoms with E-state index in [0.29, 0.717) is 0 Å². The number of rotatable bonds is 4. The maximum atomic E-state index is 12.2. The molecule has 1 aromatic rings. The van der Waals surface area contributed by atoms with E-state index in [0.717, 1.165) is 24.7 Å². The summed E-state index contributed by atoms with van der Waals surface area (Å²) >= 11 is 3.50. The molecular formula is C11H16N2OS2. The van der Waals surface area contributed by atoms with Crippen molar-refractivity contribution in [3.8, 4) is 0 Å². The Morgan fingerprint density at radius 2 is 2.56 bits per heavy atom. The summed E-state index contributed by atoms with van der Waals surface area (Å²) < 4.78 is 0. The SMILES string of the molecule is CCN(Cc1cccs1)C(=O)C1CSCN1. The Hall–Kier alpha value is -0.520. The largest absolute Gasteiger partial charge is 0.336 e. The molecule has 1 atom stereocenters. The first-order valence-electron chi connectivity index (χ1n) is 5.43. The van der Waals surface area contributed by atoms with Crippen molar-refractivity contribution in [2.24, 2.45) is 0 Å². The van der Waals surface area contributed by atoms with Crippen molar-refractivity contribution in [3.63, 3.8) is 0 Å². The second kappa shape index (κ2) is 5.70. The normalized spacial score (nSPS) is 19.9. The average Bonchev–Trinajstić information content (AvgIpc) is 2.97. The standard InChI is InChI=1S/C11H16N2OS2/c1-2-13(6-9-4-3-5-16-9)11(14)10-7-15-8-12-10/h3-5,10,12H,2,6-8H2,1H3. The third-order valence-electron chi connectivity index (χ3n) is 2.63. The molecule has 1 saturated heterocycles. The van der Waals surface area contributed by atoms with Crippen LogP contribution in [0, 0.1) is 0 Å². The Balaban J connectivity index is 1.96. The van der Waals surface area contributed by atoms with Crippen LogP contribution >= 0.6 is 23.1 Å². The van der Waals surface area contributed by atoms with Crippen molar-refractivity contribution in [1.29, 1.82) is 0 Å². The molecule has 1 amide bonds. The molecule has 0 radical (unpaired) electrons. The number of likely N-dealkylation sites (N-methyl/N-ethyl adjacent to an activating group) is 1. The quantitative estimate of drug-likeness (QED) is 0.891. The number of hydrogen-bond donors (Lipinski definition) is 1. The van der Waals surface area contributed by atoms with E-state index in [1.807, 2.05) is 17.9 Å². The second-order valence-corrected chi connectivity index (χ2v) is 5.77. The first kappa shape index (κ1) is 12.0. The highest BCUT2D eigenvalue weighted by Gasteiger charge is 2.26. The van der Waals surface area contributed by atoms with Gasteiger partial charge in [-0.1, -0.05) is 6.07 Å². The molecule has 16 heavy (non-hydrogen) atoms. The number of thioether (sulfide) groups is 1. The number of thiophene rings is 1.